The van der Waals surface area contributed by atoms with Gasteiger partial charge in [-0.25, -0.2) is 8.42 Å². The van der Waals surface area contributed by atoms with E-state index in [-0.39, 0.29) is 6.10 Å². The van der Waals surface area contributed by atoms with Crippen LogP contribution in [0.15, 0.2) is 47.4 Å². The highest BCUT2D eigenvalue weighted by atomic mass is 35.5. The minimum atomic E-state index is -3.52. The first-order valence-corrected chi connectivity index (χ1v) is 10.0. The fourth-order valence-corrected chi connectivity index (χ4v) is 4.85. The summed E-state index contributed by atoms with van der Waals surface area (Å²) in [5.74, 6) is 1.48. The van der Waals surface area contributed by atoms with Gasteiger partial charge in [0.2, 0.25) is 10.0 Å². The van der Waals surface area contributed by atoms with Crippen molar-refractivity contribution in [3.8, 4) is 11.5 Å². The molecule has 132 valence electrons. The average molecular weight is 380 g/mol. The Kier molecular flexibility index (Phi) is 4.35. The zero-order chi connectivity index (χ0) is 17.4. The molecule has 2 aromatic rings. The molecule has 0 spiro atoms. The predicted molar refractivity (Wildman–Crippen MR) is 94.9 cm³/mol. The second-order valence-corrected chi connectivity index (χ2v) is 8.59. The summed E-state index contributed by atoms with van der Waals surface area (Å²) >= 11 is 5.87. The quantitative estimate of drug-likeness (QED) is 0.819. The smallest absolute Gasteiger partial charge is 0.243 e. The van der Waals surface area contributed by atoms with Crippen molar-refractivity contribution in [2.24, 2.45) is 0 Å². The molecule has 0 radical (unpaired) electrons. The summed E-state index contributed by atoms with van der Waals surface area (Å²) in [4.78, 5) is 0.323. The first kappa shape index (κ1) is 16.7. The predicted octanol–water partition coefficient (Wildman–Crippen LogP) is 3.12. The standard InChI is InChI=1S/C18H18ClNO4S/c19-14-1-3-15(4-2-14)24-16-7-9-20(12-16)25(21,22)17-5-6-18-13(11-17)8-10-23-18/h1-6,11,16H,7-10,12H2. The molecule has 4 rings (SSSR count). The minimum absolute atomic E-state index is 0.159. The van der Waals surface area contributed by atoms with Gasteiger partial charge in [-0.15, -0.1) is 0 Å². The van der Waals surface area contributed by atoms with Gasteiger partial charge in [-0.3, -0.25) is 0 Å². The van der Waals surface area contributed by atoms with Gasteiger partial charge in [0.25, 0.3) is 0 Å². The summed E-state index contributed by atoms with van der Waals surface area (Å²) in [6.45, 7) is 1.41. The number of halogens is 1. The molecular weight excluding hydrogens is 362 g/mol. The van der Waals surface area contributed by atoms with E-state index >= 15 is 0 Å². The van der Waals surface area contributed by atoms with Gasteiger partial charge in [-0.1, -0.05) is 11.6 Å². The van der Waals surface area contributed by atoms with E-state index in [1.807, 2.05) is 0 Å². The molecule has 2 heterocycles. The van der Waals surface area contributed by atoms with Crippen LogP contribution in [-0.4, -0.2) is 38.5 Å². The van der Waals surface area contributed by atoms with E-state index in [4.69, 9.17) is 21.1 Å². The van der Waals surface area contributed by atoms with Crippen LogP contribution in [0.5, 0.6) is 11.5 Å². The van der Waals surface area contributed by atoms with Crippen molar-refractivity contribution in [3.05, 3.63) is 53.1 Å². The molecule has 2 aromatic carbocycles. The molecular formula is C18H18ClNO4S. The maximum Gasteiger partial charge on any atom is 0.243 e. The second-order valence-electron chi connectivity index (χ2n) is 6.21. The highest BCUT2D eigenvalue weighted by Gasteiger charge is 2.34. The number of nitrogens with zero attached hydrogens (tertiary/aromatic N) is 1. The van der Waals surface area contributed by atoms with Crippen LogP contribution in [0.1, 0.15) is 12.0 Å². The molecule has 1 atom stereocenters. The number of fused-ring (bicyclic) bond motifs is 1. The third-order valence-corrected chi connectivity index (χ3v) is 6.64. The topological polar surface area (TPSA) is 55.8 Å². The Morgan fingerprint density at radius 2 is 1.96 bits per heavy atom. The van der Waals surface area contributed by atoms with E-state index in [0.717, 1.165) is 17.7 Å². The van der Waals surface area contributed by atoms with Crippen molar-refractivity contribution in [1.29, 1.82) is 0 Å². The number of ether oxygens (including phenoxy) is 2. The summed E-state index contributed by atoms with van der Waals surface area (Å²) in [7, 11) is -3.52. The van der Waals surface area contributed by atoms with Crippen LogP contribution >= 0.6 is 11.6 Å². The van der Waals surface area contributed by atoms with Crippen LogP contribution in [0.3, 0.4) is 0 Å². The normalized spacial score (nSPS) is 20.3. The maximum absolute atomic E-state index is 12.9. The summed E-state index contributed by atoms with van der Waals surface area (Å²) in [5, 5.41) is 0.642. The van der Waals surface area contributed by atoms with Crippen molar-refractivity contribution in [1.82, 2.24) is 4.31 Å². The van der Waals surface area contributed by atoms with Gasteiger partial charge in [0.1, 0.15) is 17.6 Å². The Morgan fingerprint density at radius 3 is 2.76 bits per heavy atom. The lowest BCUT2D eigenvalue weighted by Crippen LogP contribution is -2.31. The van der Waals surface area contributed by atoms with Crippen LogP contribution in [0.2, 0.25) is 5.02 Å². The zero-order valence-corrected chi connectivity index (χ0v) is 15.1. The van der Waals surface area contributed by atoms with E-state index < -0.39 is 10.0 Å². The molecule has 0 N–H and O–H groups in total. The number of hydrogen-bond acceptors (Lipinski definition) is 4. The van der Waals surface area contributed by atoms with Gasteiger partial charge < -0.3 is 9.47 Å². The Balaban J connectivity index is 1.47. The number of sulfonamides is 1. The van der Waals surface area contributed by atoms with Crippen molar-refractivity contribution < 1.29 is 17.9 Å². The van der Waals surface area contributed by atoms with Crippen LogP contribution in [0.25, 0.3) is 0 Å². The molecule has 0 saturated carbocycles. The van der Waals surface area contributed by atoms with Gasteiger partial charge in [-0.05, 0) is 54.4 Å². The van der Waals surface area contributed by atoms with E-state index in [0.29, 0.717) is 41.8 Å². The molecule has 0 aliphatic carbocycles. The molecule has 0 aromatic heterocycles. The van der Waals surface area contributed by atoms with Gasteiger partial charge in [0.15, 0.2) is 0 Å². The van der Waals surface area contributed by atoms with Gasteiger partial charge in [0.05, 0.1) is 18.0 Å². The second kappa shape index (κ2) is 6.52. The summed E-state index contributed by atoms with van der Waals surface area (Å²) in [6.07, 6.45) is 1.25. The number of benzene rings is 2. The van der Waals surface area contributed by atoms with Gasteiger partial charge in [0, 0.05) is 18.0 Å². The van der Waals surface area contributed by atoms with Crippen LogP contribution in [0, 0.1) is 0 Å². The highest BCUT2D eigenvalue weighted by Crippen LogP contribution is 2.30. The fraction of sp³-hybridized carbons (Fsp3) is 0.333. The van der Waals surface area contributed by atoms with E-state index in [9.17, 15) is 8.42 Å². The lowest BCUT2D eigenvalue weighted by atomic mass is 10.2. The Labute approximate surface area is 152 Å². The molecule has 2 aliphatic heterocycles. The van der Waals surface area contributed by atoms with Gasteiger partial charge in [-0.2, -0.15) is 4.31 Å². The Bertz CT molecular complexity index is 882. The van der Waals surface area contributed by atoms with Crippen LogP contribution in [-0.2, 0) is 16.4 Å². The summed E-state index contributed by atoms with van der Waals surface area (Å²) < 4.78 is 38.6. The van der Waals surface area contributed by atoms with Crippen LogP contribution in [0.4, 0.5) is 0 Å². The van der Waals surface area contributed by atoms with Crippen molar-refractivity contribution in [2.45, 2.75) is 23.8 Å². The number of hydrogen-bond donors (Lipinski definition) is 0. The molecule has 0 amide bonds. The first-order valence-electron chi connectivity index (χ1n) is 8.20. The lowest BCUT2D eigenvalue weighted by molar-refractivity contribution is 0.215. The average Bonchev–Trinajstić information content (AvgIpc) is 3.25. The Hall–Kier alpha value is -1.76. The molecule has 1 fully saturated rings. The fourth-order valence-electron chi connectivity index (χ4n) is 3.19. The number of rotatable bonds is 4. The largest absolute Gasteiger partial charge is 0.493 e. The molecule has 25 heavy (non-hydrogen) atoms. The van der Waals surface area contributed by atoms with Crippen molar-refractivity contribution in [3.63, 3.8) is 0 Å². The molecule has 7 heteroatoms. The monoisotopic (exact) mass is 379 g/mol. The lowest BCUT2D eigenvalue weighted by Gasteiger charge is -2.18. The van der Waals surface area contributed by atoms with Crippen molar-refractivity contribution >= 4 is 21.6 Å². The zero-order valence-electron chi connectivity index (χ0n) is 13.5. The van der Waals surface area contributed by atoms with Crippen LogP contribution < -0.4 is 9.47 Å². The SMILES string of the molecule is O=S(=O)(c1ccc2c(c1)CCO2)N1CCC(Oc2ccc(Cl)cc2)C1. The first-order chi connectivity index (χ1) is 12.0. The third kappa shape index (κ3) is 3.34. The maximum atomic E-state index is 12.9. The van der Waals surface area contributed by atoms with E-state index in [2.05, 4.69) is 0 Å². The summed E-state index contributed by atoms with van der Waals surface area (Å²) in [5.41, 5.74) is 0.953. The summed E-state index contributed by atoms with van der Waals surface area (Å²) in [6, 6.07) is 12.2. The molecule has 0 bridgehead atoms. The Morgan fingerprint density at radius 1 is 1.16 bits per heavy atom. The molecule has 1 saturated heterocycles. The molecule has 1 unspecified atom stereocenters. The minimum Gasteiger partial charge on any atom is -0.493 e. The highest BCUT2D eigenvalue weighted by molar-refractivity contribution is 7.89. The van der Waals surface area contributed by atoms with E-state index in [1.54, 1.807) is 42.5 Å². The molecule has 2 aliphatic rings. The van der Waals surface area contributed by atoms with Gasteiger partial charge >= 0.3 is 0 Å². The van der Waals surface area contributed by atoms with Crippen molar-refractivity contribution in [2.75, 3.05) is 19.7 Å². The van der Waals surface area contributed by atoms with E-state index in [1.165, 1.54) is 4.31 Å². The molecule has 5 nitrogen and oxygen atoms in total. The third-order valence-electron chi connectivity index (χ3n) is 4.52.